The Bertz CT molecular complexity index is 740. The van der Waals surface area contributed by atoms with E-state index < -0.39 is 6.03 Å². The molecule has 2 rings (SSSR count). The van der Waals surface area contributed by atoms with Gasteiger partial charge in [-0.15, -0.1) is 0 Å². The topological polar surface area (TPSA) is 111 Å². The zero-order valence-electron chi connectivity index (χ0n) is 10.7. The van der Waals surface area contributed by atoms with Crippen molar-refractivity contribution in [1.29, 1.82) is 5.26 Å². The summed E-state index contributed by atoms with van der Waals surface area (Å²) in [6.45, 7) is 0. The van der Waals surface area contributed by atoms with Gasteiger partial charge in [0.1, 0.15) is 11.8 Å². The first-order valence-corrected chi connectivity index (χ1v) is 6.23. The van der Waals surface area contributed by atoms with E-state index in [4.69, 9.17) is 22.6 Å². The van der Waals surface area contributed by atoms with Gasteiger partial charge in [0.15, 0.2) is 0 Å². The van der Waals surface area contributed by atoms with Crippen molar-refractivity contribution in [3.63, 3.8) is 0 Å². The van der Waals surface area contributed by atoms with Crippen LogP contribution in [0.3, 0.4) is 0 Å². The van der Waals surface area contributed by atoms with Crippen LogP contribution in [0.2, 0.25) is 5.02 Å². The number of phenolic OH excluding ortho intramolecular Hbond substituents is 1. The maximum absolute atomic E-state index is 11.8. The molecule has 2 aromatic carbocycles. The Morgan fingerprint density at radius 1 is 1.24 bits per heavy atom. The molecule has 0 fully saturated rings. The van der Waals surface area contributed by atoms with Gasteiger partial charge >= 0.3 is 6.03 Å². The third-order valence-electron chi connectivity index (χ3n) is 2.61. The number of benzene rings is 2. The monoisotopic (exact) mass is 302 g/mol. The van der Waals surface area contributed by atoms with Crippen molar-refractivity contribution in [2.75, 3.05) is 16.4 Å². The molecule has 0 saturated carbocycles. The number of phenols is 1. The predicted molar refractivity (Wildman–Crippen MR) is 81.3 cm³/mol. The molecule has 0 bridgehead atoms. The summed E-state index contributed by atoms with van der Waals surface area (Å²) in [5.74, 6) is -0.140. The van der Waals surface area contributed by atoms with E-state index in [0.717, 1.165) is 0 Å². The van der Waals surface area contributed by atoms with Crippen LogP contribution in [0.4, 0.5) is 21.9 Å². The summed E-state index contributed by atoms with van der Waals surface area (Å²) < 4.78 is 0. The number of amides is 2. The number of anilines is 3. The van der Waals surface area contributed by atoms with Gasteiger partial charge in [-0.05, 0) is 30.3 Å². The van der Waals surface area contributed by atoms with Gasteiger partial charge in [-0.2, -0.15) is 5.26 Å². The molecule has 0 aliphatic rings. The maximum Gasteiger partial charge on any atom is 0.323 e. The normalized spacial score (nSPS) is 9.71. The molecule has 21 heavy (non-hydrogen) atoms. The van der Waals surface area contributed by atoms with Crippen LogP contribution < -0.4 is 16.4 Å². The highest BCUT2D eigenvalue weighted by atomic mass is 35.5. The molecular formula is C14H11ClN4O2. The summed E-state index contributed by atoms with van der Waals surface area (Å²) in [6.07, 6.45) is 0. The van der Waals surface area contributed by atoms with Gasteiger partial charge < -0.3 is 21.5 Å². The van der Waals surface area contributed by atoms with Crippen molar-refractivity contribution in [1.82, 2.24) is 0 Å². The lowest BCUT2D eigenvalue weighted by molar-refractivity contribution is 0.262. The molecule has 2 aromatic rings. The SMILES string of the molecule is N#Cc1cc(NC(=O)Nc2ccc(N)cc2O)ccc1Cl. The minimum absolute atomic E-state index is 0.140. The van der Waals surface area contributed by atoms with Crippen LogP contribution in [0.1, 0.15) is 5.56 Å². The second-order valence-electron chi connectivity index (χ2n) is 4.16. The molecule has 0 atom stereocenters. The third-order valence-corrected chi connectivity index (χ3v) is 2.94. The maximum atomic E-state index is 11.8. The molecule has 0 aromatic heterocycles. The van der Waals surface area contributed by atoms with Crippen molar-refractivity contribution in [3.8, 4) is 11.8 Å². The van der Waals surface area contributed by atoms with Gasteiger partial charge in [-0.1, -0.05) is 11.6 Å². The number of hydrogen-bond acceptors (Lipinski definition) is 4. The molecule has 2 amide bonds. The average molecular weight is 303 g/mol. The fourth-order valence-electron chi connectivity index (χ4n) is 1.63. The summed E-state index contributed by atoms with van der Waals surface area (Å²) in [6, 6.07) is 10.2. The van der Waals surface area contributed by atoms with E-state index in [1.165, 1.54) is 24.3 Å². The largest absolute Gasteiger partial charge is 0.506 e. The Morgan fingerprint density at radius 3 is 2.67 bits per heavy atom. The minimum atomic E-state index is -0.568. The average Bonchev–Trinajstić information content (AvgIpc) is 2.44. The first-order chi connectivity index (χ1) is 9.99. The lowest BCUT2D eigenvalue weighted by Crippen LogP contribution is -2.19. The van der Waals surface area contributed by atoms with E-state index in [1.807, 2.05) is 6.07 Å². The number of urea groups is 1. The highest BCUT2D eigenvalue weighted by Gasteiger charge is 2.08. The molecule has 6 nitrogen and oxygen atoms in total. The molecule has 0 radical (unpaired) electrons. The number of carbonyl (C=O) groups excluding carboxylic acids is 1. The molecule has 0 unspecified atom stereocenters. The predicted octanol–water partition coefficient (Wildman–Crippen LogP) is 3.14. The number of rotatable bonds is 2. The highest BCUT2D eigenvalue weighted by Crippen LogP contribution is 2.25. The second-order valence-corrected chi connectivity index (χ2v) is 4.57. The number of nitrogens with one attached hydrogen (secondary N) is 2. The molecule has 5 N–H and O–H groups in total. The minimum Gasteiger partial charge on any atom is -0.506 e. The standard InChI is InChI=1S/C14H11ClN4O2/c15-11-3-2-10(5-8(11)7-16)18-14(21)19-12-4-1-9(17)6-13(12)20/h1-6,20H,17H2,(H2,18,19,21). The van der Waals surface area contributed by atoms with Gasteiger partial charge in [0.25, 0.3) is 0 Å². The van der Waals surface area contributed by atoms with Crippen molar-refractivity contribution in [3.05, 3.63) is 47.0 Å². The fraction of sp³-hybridized carbons (Fsp3) is 0. The van der Waals surface area contributed by atoms with Crippen LogP contribution in [-0.2, 0) is 0 Å². The van der Waals surface area contributed by atoms with Crippen LogP contribution in [0.5, 0.6) is 5.75 Å². The second kappa shape index (κ2) is 6.03. The Morgan fingerprint density at radius 2 is 2.00 bits per heavy atom. The van der Waals surface area contributed by atoms with Gasteiger partial charge in [-0.25, -0.2) is 4.79 Å². The zero-order chi connectivity index (χ0) is 15.4. The smallest absolute Gasteiger partial charge is 0.323 e. The summed E-state index contributed by atoms with van der Waals surface area (Å²) in [4.78, 5) is 11.8. The molecule has 0 spiro atoms. The van der Waals surface area contributed by atoms with Crippen LogP contribution in [0.25, 0.3) is 0 Å². The Labute approximate surface area is 125 Å². The van der Waals surface area contributed by atoms with E-state index >= 15 is 0 Å². The first kappa shape index (κ1) is 14.5. The molecule has 106 valence electrons. The molecule has 7 heteroatoms. The van der Waals surface area contributed by atoms with Crippen LogP contribution >= 0.6 is 11.6 Å². The summed E-state index contributed by atoms with van der Waals surface area (Å²) >= 11 is 5.80. The lowest BCUT2D eigenvalue weighted by Gasteiger charge is -2.10. The van der Waals surface area contributed by atoms with Gasteiger partial charge in [0, 0.05) is 17.4 Å². The van der Waals surface area contributed by atoms with Crippen molar-refractivity contribution >= 4 is 34.7 Å². The Kier molecular flexibility index (Phi) is 4.16. The lowest BCUT2D eigenvalue weighted by atomic mass is 10.2. The van der Waals surface area contributed by atoms with E-state index in [-0.39, 0.29) is 17.0 Å². The van der Waals surface area contributed by atoms with Crippen molar-refractivity contribution < 1.29 is 9.90 Å². The molecule has 0 aliphatic heterocycles. The first-order valence-electron chi connectivity index (χ1n) is 5.86. The van der Waals surface area contributed by atoms with E-state index in [9.17, 15) is 9.90 Å². The van der Waals surface area contributed by atoms with Gasteiger partial charge in [-0.3, -0.25) is 0 Å². The van der Waals surface area contributed by atoms with Crippen molar-refractivity contribution in [2.24, 2.45) is 0 Å². The van der Waals surface area contributed by atoms with Gasteiger partial charge in [0.05, 0.1) is 16.3 Å². The summed E-state index contributed by atoms with van der Waals surface area (Å²) in [5.41, 5.74) is 6.76. The number of nitrogens with two attached hydrogens (primary N) is 1. The van der Waals surface area contributed by atoms with Crippen LogP contribution in [-0.4, -0.2) is 11.1 Å². The number of aromatic hydroxyl groups is 1. The number of nitrogen functional groups attached to an aromatic ring is 1. The van der Waals surface area contributed by atoms with Crippen LogP contribution in [0.15, 0.2) is 36.4 Å². The summed E-state index contributed by atoms with van der Waals surface area (Å²) in [5, 5.41) is 23.8. The van der Waals surface area contributed by atoms with Crippen molar-refractivity contribution in [2.45, 2.75) is 0 Å². The molecular weight excluding hydrogens is 292 g/mol. The van der Waals surface area contributed by atoms with E-state index in [0.29, 0.717) is 16.4 Å². The molecule has 0 saturated heterocycles. The van der Waals surface area contributed by atoms with E-state index in [2.05, 4.69) is 10.6 Å². The fourth-order valence-corrected chi connectivity index (χ4v) is 1.79. The zero-order valence-corrected chi connectivity index (χ0v) is 11.5. The Balaban J connectivity index is 2.10. The number of hydrogen-bond donors (Lipinski definition) is 4. The van der Waals surface area contributed by atoms with Gasteiger partial charge in [0.2, 0.25) is 0 Å². The quantitative estimate of drug-likeness (QED) is 0.504. The molecule has 0 heterocycles. The number of halogens is 1. The van der Waals surface area contributed by atoms with E-state index in [1.54, 1.807) is 12.1 Å². The third kappa shape index (κ3) is 3.55. The van der Waals surface area contributed by atoms with Crippen LogP contribution in [0, 0.1) is 11.3 Å². The molecule has 0 aliphatic carbocycles. The number of nitrogens with zero attached hydrogens (tertiary/aromatic N) is 1. The highest BCUT2D eigenvalue weighted by molar-refractivity contribution is 6.31. The Hall–Kier alpha value is -2.91. The number of carbonyl (C=O) groups is 1. The number of nitriles is 1. The summed E-state index contributed by atoms with van der Waals surface area (Å²) in [7, 11) is 0.